The van der Waals surface area contributed by atoms with E-state index in [-0.39, 0.29) is 17.0 Å². The van der Waals surface area contributed by atoms with E-state index in [4.69, 9.17) is 4.74 Å². The molecule has 2 atom stereocenters. The molecule has 4 rings (SSSR count). The van der Waals surface area contributed by atoms with Crippen molar-refractivity contribution in [3.63, 3.8) is 0 Å². The van der Waals surface area contributed by atoms with Gasteiger partial charge in [0.2, 0.25) is 0 Å². The predicted molar refractivity (Wildman–Crippen MR) is 89.4 cm³/mol. The summed E-state index contributed by atoms with van der Waals surface area (Å²) in [7, 11) is 0. The highest BCUT2D eigenvalue weighted by Crippen LogP contribution is 2.65. The first-order valence-electron chi connectivity index (χ1n) is 9.18. The third-order valence-electron chi connectivity index (χ3n) is 7.30. The van der Waals surface area contributed by atoms with Crippen LogP contribution in [0, 0.1) is 29.1 Å². The van der Waals surface area contributed by atoms with Gasteiger partial charge in [0, 0.05) is 11.0 Å². The van der Waals surface area contributed by atoms with Crippen molar-refractivity contribution in [3.05, 3.63) is 12.2 Å². The molecule has 0 amide bonds. The molecule has 0 aromatic heterocycles. The van der Waals surface area contributed by atoms with Crippen LogP contribution in [0.4, 0.5) is 0 Å². The average molecular weight is 304 g/mol. The zero-order valence-electron chi connectivity index (χ0n) is 14.8. The summed E-state index contributed by atoms with van der Waals surface area (Å²) in [5.41, 5.74) is 0.398. The maximum absolute atomic E-state index is 12.4. The van der Waals surface area contributed by atoms with Crippen LogP contribution in [0.2, 0.25) is 0 Å². The van der Waals surface area contributed by atoms with Crippen LogP contribution in [-0.2, 0) is 9.53 Å². The van der Waals surface area contributed by atoms with E-state index in [1.165, 1.54) is 38.5 Å². The molecule has 0 saturated heterocycles. The van der Waals surface area contributed by atoms with Crippen LogP contribution in [0.5, 0.6) is 0 Å². The highest BCUT2D eigenvalue weighted by Gasteiger charge is 2.61. The van der Waals surface area contributed by atoms with E-state index in [2.05, 4.69) is 27.4 Å². The van der Waals surface area contributed by atoms with Crippen molar-refractivity contribution in [1.82, 2.24) is 0 Å². The molecule has 0 heterocycles. The summed E-state index contributed by atoms with van der Waals surface area (Å²) in [6.45, 7) is 12.3. The molecule has 4 bridgehead atoms. The lowest BCUT2D eigenvalue weighted by Crippen LogP contribution is -2.61. The van der Waals surface area contributed by atoms with E-state index in [1.54, 1.807) is 6.92 Å². The van der Waals surface area contributed by atoms with Crippen LogP contribution in [0.3, 0.4) is 0 Å². The Bertz CT molecular complexity index is 443. The lowest BCUT2D eigenvalue weighted by atomic mass is 9.44. The molecule has 2 heteroatoms. The van der Waals surface area contributed by atoms with Gasteiger partial charge < -0.3 is 4.74 Å². The van der Waals surface area contributed by atoms with Crippen LogP contribution < -0.4 is 0 Å². The Morgan fingerprint density at radius 3 is 2.05 bits per heavy atom. The minimum atomic E-state index is -0.339. The number of esters is 1. The Morgan fingerprint density at radius 1 is 1.23 bits per heavy atom. The third kappa shape index (κ3) is 2.34. The molecule has 4 aliphatic rings. The highest BCUT2D eigenvalue weighted by atomic mass is 16.6. The lowest BCUT2D eigenvalue weighted by Gasteiger charge is -2.63. The fourth-order valence-electron chi connectivity index (χ4n) is 6.12. The molecule has 0 aromatic carbocycles. The Morgan fingerprint density at radius 2 is 1.68 bits per heavy atom. The van der Waals surface area contributed by atoms with E-state index in [0.717, 1.165) is 24.2 Å². The molecule has 4 saturated carbocycles. The fourth-order valence-corrected chi connectivity index (χ4v) is 6.12. The lowest BCUT2D eigenvalue weighted by molar-refractivity contribution is -0.216. The Labute approximate surface area is 135 Å². The highest BCUT2D eigenvalue weighted by molar-refractivity contribution is 5.87. The van der Waals surface area contributed by atoms with E-state index < -0.39 is 0 Å². The van der Waals surface area contributed by atoms with Gasteiger partial charge >= 0.3 is 5.97 Å². The topological polar surface area (TPSA) is 26.3 Å². The number of carbonyl (C=O) groups excluding carboxylic acids is 1. The SMILES string of the molecule is C=C(C)C(=O)OC(C)(C(C)CC)C12CC3CC(CC(C3)C1)C2. The van der Waals surface area contributed by atoms with Gasteiger partial charge in [-0.3, -0.25) is 0 Å². The first kappa shape index (κ1) is 16.1. The fraction of sp³-hybridized carbons (Fsp3) is 0.850. The number of ether oxygens (including phenoxy) is 1. The summed E-state index contributed by atoms with van der Waals surface area (Å²) in [4.78, 5) is 12.4. The van der Waals surface area contributed by atoms with Gasteiger partial charge in [-0.1, -0.05) is 20.4 Å². The number of rotatable bonds is 5. The zero-order valence-corrected chi connectivity index (χ0v) is 14.8. The van der Waals surface area contributed by atoms with Crippen molar-refractivity contribution < 1.29 is 9.53 Å². The first-order chi connectivity index (χ1) is 10.3. The third-order valence-corrected chi connectivity index (χ3v) is 7.30. The predicted octanol–water partition coefficient (Wildman–Crippen LogP) is 5.13. The van der Waals surface area contributed by atoms with Crippen LogP contribution in [0.1, 0.15) is 72.6 Å². The largest absolute Gasteiger partial charge is 0.455 e. The minimum Gasteiger partial charge on any atom is -0.455 e. The Kier molecular flexibility index (Phi) is 3.94. The molecular formula is C20H32O2. The molecule has 22 heavy (non-hydrogen) atoms. The van der Waals surface area contributed by atoms with Crippen LogP contribution >= 0.6 is 0 Å². The van der Waals surface area contributed by atoms with Crippen molar-refractivity contribution in [2.75, 3.05) is 0 Å². The summed E-state index contributed by atoms with van der Waals surface area (Å²) in [5, 5.41) is 0. The second-order valence-corrected chi connectivity index (χ2v) is 8.78. The van der Waals surface area contributed by atoms with Gasteiger partial charge in [0.05, 0.1) is 0 Å². The summed E-state index contributed by atoms with van der Waals surface area (Å²) in [6.07, 6.45) is 9.12. The van der Waals surface area contributed by atoms with Crippen LogP contribution in [0.25, 0.3) is 0 Å². The van der Waals surface area contributed by atoms with Gasteiger partial charge in [0.25, 0.3) is 0 Å². The summed E-state index contributed by atoms with van der Waals surface area (Å²) >= 11 is 0. The smallest absolute Gasteiger partial charge is 0.333 e. The van der Waals surface area contributed by atoms with Crippen molar-refractivity contribution in [1.29, 1.82) is 0 Å². The van der Waals surface area contributed by atoms with Crippen molar-refractivity contribution in [3.8, 4) is 0 Å². The maximum atomic E-state index is 12.4. The molecule has 4 aliphatic carbocycles. The molecule has 2 nitrogen and oxygen atoms in total. The molecule has 2 unspecified atom stereocenters. The van der Waals surface area contributed by atoms with E-state index in [0.29, 0.717) is 11.5 Å². The van der Waals surface area contributed by atoms with Gasteiger partial charge in [-0.15, -0.1) is 0 Å². The Hall–Kier alpha value is -0.790. The van der Waals surface area contributed by atoms with Gasteiger partial charge in [0.1, 0.15) is 5.60 Å². The normalized spacial score (nSPS) is 40.1. The van der Waals surface area contributed by atoms with Gasteiger partial charge in [-0.25, -0.2) is 4.79 Å². The summed E-state index contributed by atoms with van der Waals surface area (Å²) < 4.78 is 6.20. The van der Waals surface area contributed by atoms with E-state index in [1.807, 2.05) is 0 Å². The van der Waals surface area contributed by atoms with Crippen molar-refractivity contribution in [2.24, 2.45) is 29.1 Å². The quantitative estimate of drug-likeness (QED) is 0.520. The maximum Gasteiger partial charge on any atom is 0.333 e. The van der Waals surface area contributed by atoms with E-state index >= 15 is 0 Å². The molecule has 0 aliphatic heterocycles. The molecule has 0 radical (unpaired) electrons. The molecule has 0 aromatic rings. The van der Waals surface area contributed by atoms with Gasteiger partial charge in [0.15, 0.2) is 0 Å². The number of hydrogen-bond acceptors (Lipinski definition) is 2. The summed E-state index contributed by atoms with van der Waals surface area (Å²) in [5.74, 6) is 2.82. The molecule has 124 valence electrons. The van der Waals surface area contributed by atoms with Crippen molar-refractivity contribution >= 4 is 5.97 Å². The zero-order chi connectivity index (χ0) is 16.1. The van der Waals surface area contributed by atoms with E-state index in [9.17, 15) is 4.79 Å². The van der Waals surface area contributed by atoms with Gasteiger partial charge in [-0.2, -0.15) is 0 Å². The monoisotopic (exact) mass is 304 g/mol. The standard InChI is InChI=1S/C20H32O2/c1-6-14(4)19(5,22-18(21)13(2)3)20-10-15-7-16(11-20)9-17(8-15)12-20/h14-17H,2,6-12H2,1,3-5H3. The minimum absolute atomic E-state index is 0.196. The van der Waals surface area contributed by atoms with Crippen LogP contribution in [-0.4, -0.2) is 11.6 Å². The number of hydrogen-bond donors (Lipinski definition) is 0. The summed E-state index contributed by atoms with van der Waals surface area (Å²) in [6, 6.07) is 0. The molecule has 0 spiro atoms. The molecule has 0 N–H and O–H groups in total. The van der Waals surface area contributed by atoms with Crippen LogP contribution in [0.15, 0.2) is 12.2 Å². The van der Waals surface area contributed by atoms with Gasteiger partial charge in [-0.05, 0) is 82.5 Å². The first-order valence-corrected chi connectivity index (χ1v) is 9.18. The second-order valence-electron chi connectivity index (χ2n) is 8.78. The van der Waals surface area contributed by atoms with Crippen molar-refractivity contribution in [2.45, 2.75) is 78.2 Å². The average Bonchev–Trinajstić information content (AvgIpc) is 2.44. The Balaban J connectivity index is 1.95. The molecule has 4 fully saturated rings. The molecular weight excluding hydrogens is 272 g/mol. The number of carbonyl (C=O) groups is 1. The second kappa shape index (κ2) is 5.39.